The minimum absolute atomic E-state index is 0.277. The summed E-state index contributed by atoms with van der Waals surface area (Å²) < 4.78 is 7.05. The van der Waals surface area contributed by atoms with Gasteiger partial charge in [0, 0.05) is 24.2 Å². The Morgan fingerprint density at radius 3 is 2.94 bits per heavy atom. The Hall–Kier alpha value is -1.59. The van der Waals surface area contributed by atoms with Gasteiger partial charge in [0.2, 0.25) is 0 Å². The lowest BCUT2D eigenvalue weighted by atomic mass is 10.2. The molecule has 2 N–H and O–H groups in total. The lowest BCUT2D eigenvalue weighted by Gasteiger charge is -2.07. The van der Waals surface area contributed by atoms with Crippen molar-refractivity contribution in [1.29, 1.82) is 0 Å². The average Bonchev–Trinajstić information content (AvgIpc) is 2.64. The highest BCUT2D eigenvalue weighted by Crippen LogP contribution is 2.28. The molecule has 2 aromatic rings. The van der Waals surface area contributed by atoms with E-state index in [1.54, 1.807) is 36.3 Å². The summed E-state index contributed by atoms with van der Waals surface area (Å²) in [4.78, 5) is 3.96. The molecule has 0 atom stereocenters. The summed E-state index contributed by atoms with van der Waals surface area (Å²) in [6, 6.07) is 5.62. The molecule has 1 aromatic heterocycles. The second-order valence-electron chi connectivity index (χ2n) is 3.22. The predicted octanol–water partition coefficient (Wildman–Crippen LogP) is 1.72. The van der Waals surface area contributed by atoms with Gasteiger partial charge in [-0.2, -0.15) is 4.98 Å². The number of hydrogen-bond acceptors (Lipinski definition) is 4. The second-order valence-corrected chi connectivity index (χ2v) is 3.63. The van der Waals surface area contributed by atoms with Crippen LogP contribution in [0.2, 0.25) is 5.02 Å². The third-order valence-electron chi connectivity index (χ3n) is 2.06. The van der Waals surface area contributed by atoms with Crippen LogP contribution in [0.3, 0.4) is 0 Å². The molecule has 2 rings (SSSR count). The maximum Gasteiger partial charge on any atom is 0.340 e. The van der Waals surface area contributed by atoms with Crippen LogP contribution in [0.4, 0.5) is 0 Å². The van der Waals surface area contributed by atoms with Crippen LogP contribution in [-0.2, 0) is 13.6 Å². The molecule has 0 saturated carbocycles. The number of nitrogens with zero attached hydrogens (tertiary/aromatic N) is 3. The Morgan fingerprint density at radius 1 is 1.50 bits per heavy atom. The van der Waals surface area contributed by atoms with Crippen molar-refractivity contribution in [2.75, 3.05) is 0 Å². The van der Waals surface area contributed by atoms with Gasteiger partial charge >= 0.3 is 6.01 Å². The topological polar surface area (TPSA) is 66.0 Å². The van der Waals surface area contributed by atoms with Crippen molar-refractivity contribution in [3.63, 3.8) is 0 Å². The van der Waals surface area contributed by atoms with Gasteiger partial charge in [0.15, 0.2) is 0 Å². The van der Waals surface area contributed by atoms with Crippen molar-refractivity contribution >= 4 is 11.6 Å². The van der Waals surface area contributed by atoms with Crippen molar-refractivity contribution in [2.24, 2.45) is 12.8 Å². The highest BCUT2D eigenvalue weighted by molar-refractivity contribution is 6.31. The van der Waals surface area contributed by atoms with E-state index in [1.807, 2.05) is 0 Å². The molecule has 0 aliphatic carbocycles. The fourth-order valence-electron chi connectivity index (χ4n) is 1.30. The smallest absolute Gasteiger partial charge is 0.340 e. The Balaban J connectivity index is 2.30. The highest BCUT2D eigenvalue weighted by Gasteiger charge is 2.09. The molecular weight excluding hydrogens is 228 g/mol. The number of nitrogens with two attached hydrogens (primary N) is 1. The lowest BCUT2D eigenvalue weighted by Crippen LogP contribution is -2.01. The minimum atomic E-state index is 0.277. The first-order valence-electron chi connectivity index (χ1n) is 4.71. The Labute approximate surface area is 97.8 Å². The molecule has 1 heterocycles. The maximum atomic E-state index is 5.99. The van der Waals surface area contributed by atoms with Gasteiger partial charge in [0.25, 0.3) is 0 Å². The van der Waals surface area contributed by atoms with Crippen LogP contribution in [0.15, 0.2) is 24.5 Å². The summed E-state index contributed by atoms with van der Waals surface area (Å²) in [5, 5.41) is 4.59. The highest BCUT2D eigenvalue weighted by atomic mass is 35.5. The molecule has 5 nitrogen and oxygen atoms in total. The number of hydrogen-bond donors (Lipinski definition) is 1. The van der Waals surface area contributed by atoms with Crippen LogP contribution in [0.25, 0.3) is 0 Å². The standard InChI is InChI=1S/C10H11ClN4O/c1-15-6-13-10(14-15)16-9-4-2-3-8(11)7(9)5-12/h2-4,6H,5,12H2,1H3. The summed E-state index contributed by atoms with van der Waals surface area (Å²) >= 11 is 5.99. The molecule has 0 aliphatic rings. The van der Waals surface area contributed by atoms with E-state index in [0.717, 1.165) is 5.56 Å². The molecule has 0 aliphatic heterocycles. The zero-order valence-electron chi connectivity index (χ0n) is 8.72. The number of benzene rings is 1. The first-order valence-corrected chi connectivity index (χ1v) is 5.09. The summed E-state index contributed by atoms with van der Waals surface area (Å²) in [5.74, 6) is 0.584. The van der Waals surface area contributed by atoms with Gasteiger partial charge in [-0.3, -0.25) is 4.68 Å². The van der Waals surface area contributed by atoms with Gasteiger partial charge in [-0.15, -0.1) is 5.10 Å². The molecule has 0 radical (unpaired) electrons. The monoisotopic (exact) mass is 238 g/mol. The van der Waals surface area contributed by atoms with E-state index in [2.05, 4.69) is 10.1 Å². The lowest BCUT2D eigenvalue weighted by molar-refractivity contribution is 0.434. The van der Waals surface area contributed by atoms with Crippen molar-refractivity contribution in [2.45, 2.75) is 6.54 Å². The fraction of sp³-hybridized carbons (Fsp3) is 0.200. The van der Waals surface area contributed by atoms with E-state index in [0.29, 0.717) is 17.3 Å². The van der Waals surface area contributed by atoms with Gasteiger partial charge in [-0.05, 0) is 12.1 Å². The number of rotatable bonds is 3. The Kier molecular flexibility index (Phi) is 3.07. The molecule has 1 aromatic carbocycles. The van der Waals surface area contributed by atoms with Gasteiger partial charge in [0.05, 0.1) is 0 Å². The Morgan fingerprint density at radius 2 is 2.31 bits per heavy atom. The molecular formula is C10H11ClN4O. The van der Waals surface area contributed by atoms with E-state index >= 15 is 0 Å². The number of aromatic nitrogens is 3. The quantitative estimate of drug-likeness (QED) is 0.884. The van der Waals surface area contributed by atoms with Crippen LogP contribution in [0.5, 0.6) is 11.8 Å². The number of halogens is 1. The second kappa shape index (κ2) is 4.51. The zero-order valence-corrected chi connectivity index (χ0v) is 9.48. The molecule has 0 unspecified atom stereocenters. The number of ether oxygens (including phenoxy) is 1. The van der Waals surface area contributed by atoms with E-state index in [9.17, 15) is 0 Å². The first-order chi connectivity index (χ1) is 7.70. The molecule has 84 valence electrons. The molecule has 16 heavy (non-hydrogen) atoms. The van der Waals surface area contributed by atoms with Gasteiger partial charge < -0.3 is 10.5 Å². The van der Waals surface area contributed by atoms with E-state index in [4.69, 9.17) is 22.1 Å². The molecule has 0 bridgehead atoms. The van der Waals surface area contributed by atoms with Crippen LogP contribution < -0.4 is 10.5 Å². The SMILES string of the molecule is Cn1cnc(Oc2cccc(Cl)c2CN)n1. The summed E-state index contributed by atoms with van der Waals surface area (Å²) in [7, 11) is 1.77. The third-order valence-corrected chi connectivity index (χ3v) is 2.41. The average molecular weight is 239 g/mol. The Bertz CT molecular complexity index is 497. The van der Waals surface area contributed by atoms with Crippen molar-refractivity contribution in [3.8, 4) is 11.8 Å². The summed E-state index contributed by atoms with van der Waals surface area (Å²) in [5.41, 5.74) is 6.35. The van der Waals surface area contributed by atoms with Crippen molar-refractivity contribution in [3.05, 3.63) is 35.1 Å². The minimum Gasteiger partial charge on any atom is -0.423 e. The van der Waals surface area contributed by atoms with Crippen molar-refractivity contribution in [1.82, 2.24) is 14.8 Å². The molecule has 6 heteroatoms. The molecule has 0 fully saturated rings. The number of aryl methyl sites for hydroxylation is 1. The van der Waals surface area contributed by atoms with Crippen LogP contribution in [-0.4, -0.2) is 14.8 Å². The predicted molar refractivity (Wildman–Crippen MR) is 60.4 cm³/mol. The zero-order chi connectivity index (χ0) is 11.5. The van der Waals surface area contributed by atoms with E-state index in [1.165, 1.54) is 0 Å². The first kappa shape index (κ1) is 10.9. The van der Waals surface area contributed by atoms with Gasteiger partial charge in [0.1, 0.15) is 12.1 Å². The summed E-state index contributed by atoms with van der Waals surface area (Å²) in [6.07, 6.45) is 1.56. The largest absolute Gasteiger partial charge is 0.423 e. The normalized spacial score (nSPS) is 10.4. The van der Waals surface area contributed by atoms with Crippen LogP contribution in [0, 0.1) is 0 Å². The van der Waals surface area contributed by atoms with E-state index in [-0.39, 0.29) is 6.01 Å². The van der Waals surface area contributed by atoms with Crippen LogP contribution in [0.1, 0.15) is 5.56 Å². The van der Waals surface area contributed by atoms with Crippen molar-refractivity contribution < 1.29 is 4.74 Å². The maximum absolute atomic E-state index is 5.99. The van der Waals surface area contributed by atoms with Crippen LogP contribution >= 0.6 is 11.6 Å². The van der Waals surface area contributed by atoms with Gasteiger partial charge in [-0.1, -0.05) is 17.7 Å². The molecule has 0 saturated heterocycles. The molecule has 0 spiro atoms. The van der Waals surface area contributed by atoms with E-state index < -0.39 is 0 Å². The van der Waals surface area contributed by atoms with Gasteiger partial charge in [-0.25, -0.2) is 0 Å². The fourth-order valence-corrected chi connectivity index (χ4v) is 1.54. The molecule has 0 amide bonds. The summed E-state index contributed by atoms with van der Waals surface area (Å²) in [6.45, 7) is 0.307. The third kappa shape index (κ3) is 2.15.